The summed E-state index contributed by atoms with van der Waals surface area (Å²) in [5.74, 6) is -1.11. The van der Waals surface area contributed by atoms with Crippen LogP contribution in [0.2, 0.25) is 0 Å². The van der Waals surface area contributed by atoms with Crippen LogP contribution < -0.4 is 10.2 Å². The molecular formula is C22H24N2O4S. The van der Waals surface area contributed by atoms with Gasteiger partial charge in [-0.2, -0.15) is 0 Å². The van der Waals surface area contributed by atoms with Crippen LogP contribution in [0.15, 0.2) is 30.3 Å². The standard InChI is InChI=1S/C22H24N2O4S/c1-2-28-22(27)19-16-10-6-7-11-17(16)29-21(19)23-20(26)14-12-18(25)24(13-14)15-8-4-3-5-9-15/h3-5,8-9,14H,2,6-7,10-13H2,1H3,(H,23,26)/t14-/m1/s1. The average molecular weight is 413 g/mol. The molecule has 1 aliphatic heterocycles. The Kier molecular flexibility index (Phi) is 5.67. The molecule has 2 amide bonds. The van der Waals surface area contributed by atoms with Crippen LogP contribution in [0.1, 0.15) is 47.0 Å². The van der Waals surface area contributed by atoms with Gasteiger partial charge in [-0.1, -0.05) is 18.2 Å². The van der Waals surface area contributed by atoms with Crippen molar-refractivity contribution in [2.45, 2.75) is 39.0 Å². The Hall–Kier alpha value is -2.67. The third kappa shape index (κ3) is 3.92. The molecule has 1 N–H and O–H groups in total. The maximum absolute atomic E-state index is 12.9. The second-order valence-electron chi connectivity index (χ2n) is 7.37. The molecule has 1 aromatic carbocycles. The lowest BCUT2D eigenvalue weighted by Crippen LogP contribution is -2.28. The zero-order valence-electron chi connectivity index (χ0n) is 16.4. The third-order valence-corrected chi connectivity index (χ3v) is 6.66. The molecule has 1 atom stereocenters. The van der Waals surface area contributed by atoms with Crippen LogP contribution in [0, 0.1) is 5.92 Å². The number of para-hydroxylation sites is 1. The molecule has 1 aromatic heterocycles. The van der Waals surface area contributed by atoms with E-state index in [-0.39, 0.29) is 24.2 Å². The van der Waals surface area contributed by atoms with Gasteiger partial charge in [-0.05, 0) is 50.3 Å². The monoisotopic (exact) mass is 412 g/mol. The van der Waals surface area contributed by atoms with Crippen molar-refractivity contribution in [1.82, 2.24) is 0 Å². The molecule has 1 saturated heterocycles. The number of amides is 2. The van der Waals surface area contributed by atoms with E-state index in [9.17, 15) is 14.4 Å². The van der Waals surface area contributed by atoms with E-state index in [0.29, 0.717) is 23.7 Å². The zero-order chi connectivity index (χ0) is 20.4. The van der Waals surface area contributed by atoms with Crippen molar-refractivity contribution in [3.05, 3.63) is 46.3 Å². The minimum atomic E-state index is -0.447. The van der Waals surface area contributed by atoms with Crippen molar-refractivity contribution in [2.75, 3.05) is 23.4 Å². The second kappa shape index (κ2) is 8.37. The molecule has 0 radical (unpaired) electrons. The first-order valence-electron chi connectivity index (χ1n) is 10.1. The summed E-state index contributed by atoms with van der Waals surface area (Å²) in [7, 11) is 0. The Balaban J connectivity index is 1.54. The smallest absolute Gasteiger partial charge is 0.341 e. The van der Waals surface area contributed by atoms with Crippen LogP contribution in [-0.2, 0) is 27.2 Å². The van der Waals surface area contributed by atoms with Crippen molar-refractivity contribution in [2.24, 2.45) is 5.92 Å². The van der Waals surface area contributed by atoms with Gasteiger partial charge in [0.2, 0.25) is 11.8 Å². The van der Waals surface area contributed by atoms with E-state index in [4.69, 9.17) is 4.74 Å². The fourth-order valence-corrected chi connectivity index (χ4v) is 5.31. The molecule has 1 aliphatic carbocycles. The van der Waals surface area contributed by atoms with Gasteiger partial charge < -0.3 is 15.0 Å². The predicted molar refractivity (Wildman–Crippen MR) is 112 cm³/mol. The van der Waals surface area contributed by atoms with Crippen LogP contribution in [0.4, 0.5) is 10.7 Å². The summed E-state index contributed by atoms with van der Waals surface area (Å²) in [4.78, 5) is 40.7. The van der Waals surface area contributed by atoms with Crippen LogP contribution in [0.3, 0.4) is 0 Å². The van der Waals surface area contributed by atoms with Crippen LogP contribution >= 0.6 is 11.3 Å². The van der Waals surface area contributed by atoms with Gasteiger partial charge in [0, 0.05) is 23.5 Å². The number of anilines is 2. The number of benzene rings is 1. The van der Waals surface area contributed by atoms with Gasteiger partial charge in [-0.15, -0.1) is 11.3 Å². The Bertz CT molecular complexity index is 938. The normalized spacial score (nSPS) is 18.4. The Labute approximate surface area is 173 Å². The molecule has 29 heavy (non-hydrogen) atoms. The van der Waals surface area contributed by atoms with Crippen molar-refractivity contribution < 1.29 is 19.1 Å². The van der Waals surface area contributed by atoms with Gasteiger partial charge in [0.1, 0.15) is 5.00 Å². The summed E-state index contributed by atoms with van der Waals surface area (Å²) in [5.41, 5.74) is 2.32. The van der Waals surface area contributed by atoms with E-state index in [2.05, 4.69) is 5.32 Å². The highest BCUT2D eigenvalue weighted by Gasteiger charge is 2.36. The van der Waals surface area contributed by atoms with E-state index in [1.54, 1.807) is 11.8 Å². The largest absolute Gasteiger partial charge is 0.462 e. The molecule has 1 fully saturated rings. The lowest BCUT2D eigenvalue weighted by molar-refractivity contribution is -0.122. The first kappa shape index (κ1) is 19.6. The third-order valence-electron chi connectivity index (χ3n) is 5.45. The van der Waals surface area contributed by atoms with Gasteiger partial charge >= 0.3 is 5.97 Å². The van der Waals surface area contributed by atoms with Crippen LogP contribution in [0.5, 0.6) is 0 Å². The lowest BCUT2D eigenvalue weighted by atomic mass is 9.95. The number of ether oxygens (including phenoxy) is 1. The number of nitrogens with zero attached hydrogens (tertiary/aromatic N) is 1. The van der Waals surface area contributed by atoms with Crippen LogP contribution in [-0.4, -0.2) is 30.9 Å². The van der Waals surface area contributed by atoms with Crippen LogP contribution in [0.25, 0.3) is 0 Å². The highest BCUT2D eigenvalue weighted by molar-refractivity contribution is 7.17. The van der Waals surface area contributed by atoms with Gasteiger partial charge in [-0.25, -0.2) is 4.79 Å². The first-order valence-corrected chi connectivity index (χ1v) is 10.9. The van der Waals surface area contributed by atoms with E-state index in [0.717, 1.165) is 41.8 Å². The second-order valence-corrected chi connectivity index (χ2v) is 8.47. The topological polar surface area (TPSA) is 75.7 Å². The summed E-state index contributed by atoms with van der Waals surface area (Å²) in [5, 5.41) is 3.50. The molecule has 0 saturated carbocycles. The molecule has 0 unspecified atom stereocenters. The first-order chi connectivity index (χ1) is 14.1. The fraction of sp³-hybridized carbons (Fsp3) is 0.409. The zero-order valence-corrected chi connectivity index (χ0v) is 17.2. The quantitative estimate of drug-likeness (QED) is 0.758. The molecule has 152 valence electrons. The molecule has 2 aromatic rings. The average Bonchev–Trinajstić information content (AvgIpc) is 3.29. The molecule has 6 nitrogen and oxygen atoms in total. The molecule has 2 heterocycles. The Morgan fingerprint density at radius 2 is 1.97 bits per heavy atom. The summed E-state index contributed by atoms with van der Waals surface area (Å²) in [6.07, 6.45) is 4.05. The number of nitrogens with one attached hydrogen (secondary N) is 1. The molecule has 7 heteroatoms. The van der Waals surface area contributed by atoms with E-state index >= 15 is 0 Å². The number of rotatable bonds is 5. The molecule has 0 bridgehead atoms. The number of fused-ring (bicyclic) bond motifs is 1. The molecular weight excluding hydrogens is 388 g/mol. The molecule has 0 spiro atoms. The maximum atomic E-state index is 12.9. The predicted octanol–water partition coefficient (Wildman–Crippen LogP) is 3.80. The minimum absolute atomic E-state index is 0.0626. The Morgan fingerprint density at radius 1 is 1.21 bits per heavy atom. The van der Waals surface area contributed by atoms with Gasteiger partial charge in [-0.3, -0.25) is 9.59 Å². The molecule has 2 aliphatic rings. The fourth-order valence-electron chi connectivity index (χ4n) is 4.03. The Morgan fingerprint density at radius 3 is 2.72 bits per heavy atom. The number of hydrogen-bond acceptors (Lipinski definition) is 5. The summed E-state index contributed by atoms with van der Waals surface area (Å²) >= 11 is 1.47. The number of hydrogen-bond donors (Lipinski definition) is 1. The highest BCUT2D eigenvalue weighted by Crippen LogP contribution is 2.39. The maximum Gasteiger partial charge on any atom is 0.341 e. The minimum Gasteiger partial charge on any atom is -0.462 e. The summed E-state index contributed by atoms with van der Waals surface area (Å²) in [6, 6.07) is 9.37. The number of aryl methyl sites for hydroxylation is 1. The van der Waals surface area contributed by atoms with Crippen molar-refractivity contribution in [3.8, 4) is 0 Å². The highest BCUT2D eigenvalue weighted by atomic mass is 32.1. The van der Waals surface area contributed by atoms with E-state index in [1.807, 2.05) is 30.3 Å². The molecule has 4 rings (SSSR count). The number of esters is 1. The van der Waals surface area contributed by atoms with Gasteiger partial charge in [0.05, 0.1) is 18.1 Å². The van der Waals surface area contributed by atoms with E-state index < -0.39 is 5.92 Å². The van der Waals surface area contributed by atoms with Gasteiger partial charge in [0.25, 0.3) is 0 Å². The summed E-state index contributed by atoms with van der Waals surface area (Å²) < 4.78 is 5.25. The van der Waals surface area contributed by atoms with Crippen molar-refractivity contribution in [3.63, 3.8) is 0 Å². The number of carbonyl (C=O) groups excluding carboxylic acids is 3. The SMILES string of the molecule is CCOC(=O)c1c(NC(=O)[C@@H]2CC(=O)N(c3ccccc3)C2)sc2c1CCCC2. The lowest BCUT2D eigenvalue weighted by Gasteiger charge is -2.16. The van der Waals surface area contributed by atoms with Crippen molar-refractivity contribution in [1.29, 1.82) is 0 Å². The van der Waals surface area contributed by atoms with Gasteiger partial charge in [0.15, 0.2) is 0 Å². The van der Waals surface area contributed by atoms with Crippen molar-refractivity contribution >= 4 is 39.8 Å². The summed E-state index contributed by atoms with van der Waals surface area (Å²) in [6.45, 7) is 2.41. The number of thiophene rings is 1. The van der Waals surface area contributed by atoms with E-state index in [1.165, 1.54) is 11.3 Å². The number of carbonyl (C=O) groups is 3.